The monoisotopic (exact) mass is 317 g/mol. The van der Waals surface area contributed by atoms with Gasteiger partial charge in [0.1, 0.15) is 0 Å². The maximum atomic E-state index is 12.3. The van der Waals surface area contributed by atoms with Crippen LogP contribution in [0.15, 0.2) is 42.6 Å². The highest BCUT2D eigenvalue weighted by molar-refractivity contribution is 6.33. The molecule has 0 bridgehead atoms. The molecule has 2 heterocycles. The van der Waals surface area contributed by atoms with Crippen molar-refractivity contribution >= 4 is 23.2 Å². The smallest absolute Gasteiger partial charge is 0.238 e. The highest BCUT2D eigenvalue weighted by Gasteiger charge is 2.28. The number of aromatic nitrogens is 1. The van der Waals surface area contributed by atoms with E-state index in [0.29, 0.717) is 23.3 Å². The molecule has 1 aliphatic heterocycles. The summed E-state index contributed by atoms with van der Waals surface area (Å²) in [6, 6.07) is 11.8. The standard InChI is InChI=1S/C17H20ClN3O/c1-20-10-4-8-15(20)16-9-5-11-21(16)12-17(22)19-14-7-3-2-6-13(14)18/h2-4,6-8,10,16H,5,9,11-12H2,1H3,(H,19,22)/t16-/m1/s1. The van der Waals surface area contributed by atoms with Crippen LogP contribution in [0.3, 0.4) is 0 Å². The number of benzene rings is 1. The van der Waals surface area contributed by atoms with E-state index in [9.17, 15) is 4.79 Å². The van der Waals surface area contributed by atoms with Crippen LogP contribution >= 0.6 is 11.6 Å². The van der Waals surface area contributed by atoms with Crippen LogP contribution in [-0.2, 0) is 11.8 Å². The molecule has 1 fully saturated rings. The predicted molar refractivity (Wildman–Crippen MR) is 89.0 cm³/mol. The molecule has 116 valence electrons. The first-order valence-corrected chi connectivity index (χ1v) is 7.92. The van der Waals surface area contributed by atoms with Crippen molar-refractivity contribution in [2.75, 3.05) is 18.4 Å². The zero-order valence-corrected chi connectivity index (χ0v) is 13.4. The van der Waals surface area contributed by atoms with Crippen molar-refractivity contribution in [3.05, 3.63) is 53.3 Å². The normalized spacial score (nSPS) is 18.5. The van der Waals surface area contributed by atoms with Gasteiger partial charge in [-0.3, -0.25) is 9.69 Å². The van der Waals surface area contributed by atoms with Gasteiger partial charge in [0.2, 0.25) is 5.91 Å². The fraction of sp³-hybridized carbons (Fsp3) is 0.353. The van der Waals surface area contributed by atoms with Crippen LogP contribution in [0.2, 0.25) is 5.02 Å². The molecule has 3 rings (SSSR count). The average molecular weight is 318 g/mol. The number of para-hydroxylation sites is 1. The van der Waals surface area contributed by atoms with Gasteiger partial charge in [-0.15, -0.1) is 0 Å². The van der Waals surface area contributed by atoms with E-state index in [1.807, 2.05) is 18.2 Å². The third-order valence-corrected chi connectivity index (χ3v) is 4.51. The van der Waals surface area contributed by atoms with Gasteiger partial charge in [0.15, 0.2) is 0 Å². The van der Waals surface area contributed by atoms with Crippen LogP contribution in [0.25, 0.3) is 0 Å². The maximum Gasteiger partial charge on any atom is 0.238 e. The topological polar surface area (TPSA) is 37.3 Å². The number of carbonyl (C=O) groups excluding carboxylic acids is 1. The summed E-state index contributed by atoms with van der Waals surface area (Å²) in [6.07, 6.45) is 4.27. The van der Waals surface area contributed by atoms with Crippen LogP contribution in [-0.4, -0.2) is 28.5 Å². The molecule has 4 nitrogen and oxygen atoms in total. The number of rotatable bonds is 4. The summed E-state index contributed by atoms with van der Waals surface area (Å²) in [5.74, 6) is -0.0193. The highest BCUT2D eigenvalue weighted by Crippen LogP contribution is 2.31. The average Bonchev–Trinajstić information content (AvgIpc) is 3.10. The van der Waals surface area contributed by atoms with Crippen molar-refractivity contribution in [2.24, 2.45) is 7.05 Å². The molecule has 1 N–H and O–H groups in total. The minimum Gasteiger partial charge on any atom is -0.353 e. The number of aryl methyl sites for hydroxylation is 1. The Kier molecular flexibility index (Phi) is 4.50. The van der Waals surface area contributed by atoms with E-state index >= 15 is 0 Å². The van der Waals surface area contributed by atoms with Crippen molar-refractivity contribution < 1.29 is 4.79 Å². The number of nitrogens with one attached hydrogen (secondary N) is 1. The second-order valence-corrected chi connectivity index (χ2v) is 6.11. The first-order chi connectivity index (χ1) is 10.6. The molecule has 1 saturated heterocycles. The van der Waals surface area contributed by atoms with Crippen molar-refractivity contribution in [3.63, 3.8) is 0 Å². The van der Waals surface area contributed by atoms with Crippen molar-refractivity contribution in [1.82, 2.24) is 9.47 Å². The molecule has 0 radical (unpaired) electrons. The number of amides is 1. The quantitative estimate of drug-likeness (QED) is 0.937. The lowest BCUT2D eigenvalue weighted by molar-refractivity contribution is -0.117. The lowest BCUT2D eigenvalue weighted by Crippen LogP contribution is -2.33. The Morgan fingerprint density at radius 2 is 2.14 bits per heavy atom. The second kappa shape index (κ2) is 6.55. The lowest BCUT2D eigenvalue weighted by atomic mass is 10.1. The van der Waals surface area contributed by atoms with Crippen molar-refractivity contribution in [3.8, 4) is 0 Å². The number of anilines is 1. The lowest BCUT2D eigenvalue weighted by Gasteiger charge is -2.24. The van der Waals surface area contributed by atoms with Gasteiger partial charge < -0.3 is 9.88 Å². The van der Waals surface area contributed by atoms with Crippen LogP contribution in [0, 0.1) is 0 Å². The van der Waals surface area contributed by atoms with E-state index in [1.165, 1.54) is 5.69 Å². The summed E-state index contributed by atoms with van der Waals surface area (Å²) in [6.45, 7) is 1.34. The van der Waals surface area contributed by atoms with Gasteiger partial charge >= 0.3 is 0 Å². The van der Waals surface area contributed by atoms with E-state index < -0.39 is 0 Å². The first kappa shape index (κ1) is 15.1. The zero-order valence-electron chi connectivity index (χ0n) is 12.6. The number of likely N-dealkylation sites (tertiary alicyclic amines) is 1. The van der Waals surface area contributed by atoms with Gasteiger partial charge in [-0.1, -0.05) is 23.7 Å². The minimum absolute atomic E-state index is 0.0193. The Labute approximate surface area is 135 Å². The number of carbonyl (C=O) groups is 1. The van der Waals surface area contributed by atoms with E-state index in [-0.39, 0.29) is 5.91 Å². The molecule has 1 aromatic heterocycles. The van der Waals surface area contributed by atoms with E-state index in [2.05, 4.69) is 40.2 Å². The summed E-state index contributed by atoms with van der Waals surface area (Å²) >= 11 is 6.08. The van der Waals surface area contributed by atoms with Gasteiger partial charge in [-0.25, -0.2) is 0 Å². The summed E-state index contributed by atoms with van der Waals surface area (Å²) < 4.78 is 2.13. The Hall–Kier alpha value is -1.78. The Morgan fingerprint density at radius 3 is 2.86 bits per heavy atom. The van der Waals surface area contributed by atoms with Crippen LogP contribution < -0.4 is 5.32 Å². The fourth-order valence-corrected chi connectivity index (χ4v) is 3.29. The van der Waals surface area contributed by atoms with E-state index in [1.54, 1.807) is 6.07 Å². The van der Waals surface area contributed by atoms with Gasteiger partial charge in [0, 0.05) is 18.9 Å². The third-order valence-electron chi connectivity index (χ3n) is 4.18. The van der Waals surface area contributed by atoms with E-state index in [4.69, 9.17) is 11.6 Å². The molecule has 0 aliphatic carbocycles. The van der Waals surface area contributed by atoms with Gasteiger partial charge in [-0.2, -0.15) is 0 Å². The minimum atomic E-state index is -0.0193. The summed E-state index contributed by atoms with van der Waals surface area (Å²) in [5, 5.41) is 3.46. The molecule has 0 unspecified atom stereocenters. The molecule has 0 spiro atoms. The maximum absolute atomic E-state index is 12.3. The van der Waals surface area contributed by atoms with Gasteiger partial charge in [0.25, 0.3) is 0 Å². The van der Waals surface area contributed by atoms with Crippen LogP contribution in [0.4, 0.5) is 5.69 Å². The van der Waals surface area contributed by atoms with E-state index in [0.717, 1.165) is 19.4 Å². The molecule has 0 saturated carbocycles. The molecule has 2 aromatic rings. The van der Waals surface area contributed by atoms with Gasteiger partial charge in [0.05, 0.1) is 23.3 Å². The molecular weight excluding hydrogens is 298 g/mol. The third kappa shape index (κ3) is 3.18. The zero-order chi connectivity index (χ0) is 15.5. The Bertz CT molecular complexity index is 667. The van der Waals surface area contributed by atoms with Gasteiger partial charge in [-0.05, 0) is 43.7 Å². The fourth-order valence-electron chi connectivity index (χ4n) is 3.11. The molecule has 1 atom stereocenters. The van der Waals surface area contributed by atoms with Crippen LogP contribution in [0.1, 0.15) is 24.6 Å². The summed E-state index contributed by atoms with van der Waals surface area (Å²) in [7, 11) is 2.05. The predicted octanol–water partition coefficient (Wildman–Crippen LogP) is 3.45. The number of nitrogens with zero attached hydrogens (tertiary/aromatic N) is 2. The second-order valence-electron chi connectivity index (χ2n) is 5.70. The molecule has 1 aromatic carbocycles. The molecular formula is C17H20ClN3O. The molecule has 22 heavy (non-hydrogen) atoms. The molecule has 1 aliphatic rings. The SMILES string of the molecule is Cn1cccc1[C@H]1CCCN1CC(=O)Nc1ccccc1Cl. The molecule has 1 amide bonds. The Balaban J connectivity index is 1.66. The Morgan fingerprint density at radius 1 is 1.32 bits per heavy atom. The van der Waals surface area contributed by atoms with Crippen molar-refractivity contribution in [1.29, 1.82) is 0 Å². The largest absolute Gasteiger partial charge is 0.353 e. The number of hydrogen-bond donors (Lipinski definition) is 1. The van der Waals surface area contributed by atoms with Crippen LogP contribution in [0.5, 0.6) is 0 Å². The first-order valence-electron chi connectivity index (χ1n) is 7.55. The molecule has 5 heteroatoms. The number of hydrogen-bond acceptors (Lipinski definition) is 2. The van der Waals surface area contributed by atoms with Crippen molar-refractivity contribution in [2.45, 2.75) is 18.9 Å². The summed E-state index contributed by atoms with van der Waals surface area (Å²) in [4.78, 5) is 14.5. The number of halogens is 1. The summed E-state index contributed by atoms with van der Waals surface area (Å²) in [5.41, 5.74) is 1.94. The highest BCUT2D eigenvalue weighted by atomic mass is 35.5.